The number of carbonyl (C=O) groups excluding carboxylic acids is 1. The van der Waals surface area contributed by atoms with Crippen molar-refractivity contribution in [2.24, 2.45) is 5.92 Å². The van der Waals surface area contributed by atoms with E-state index in [1.54, 1.807) is 0 Å². The van der Waals surface area contributed by atoms with Gasteiger partial charge in [0.15, 0.2) is 11.6 Å². The van der Waals surface area contributed by atoms with E-state index in [4.69, 9.17) is 0 Å². The fourth-order valence-corrected chi connectivity index (χ4v) is 5.81. The average molecular weight is 510 g/mol. The van der Waals surface area contributed by atoms with E-state index in [1.165, 1.54) is 11.6 Å². The largest absolute Gasteiger partial charge is 0.323 e. The molecule has 2 saturated carbocycles. The van der Waals surface area contributed by atoms with E-state index in [1.807, 2.05) is 36.9 Å². The number of anilines is 1. The van der Waals surface area contributed by atoms with Crippen LogP contribution in [-0.4, -0.2) is 41.8 Å². The van der Waals surface area contributed by atoms with Gasteiger partial charge in [0.2, 0.25) is 0 Å². The summed E-state index contributed by atoms with van der Waals surface area (Å²) in [6, 6.07) is 13.6. The second kappa shape index (κ2) is 11.2. The zero-order chi connectivity index (χ0) is 26.7. The molecular formula is C29H37F2N5O. The van der Waals surface area contributed by atoms with Gasteiger partial charge in [-0.2, -0.15) is 5.26 Å². The van der Waals surface area contributed by atoms with Gasteiger partial charge in [0, 0.05) is 36.4 Å². The summed E-state index contributed by atoms with van der Waals surface area (Å²) in [6.45, 7) is 8.77. The molecule has 0 bridgehead atoms. The van der Waals surface area contributed by atoms with Gasteiger partial charge in [0.1, 0.15) is 0 Å². The number of hydrogen-bond acceptors (Lipinski definition) is 4. The van der Waals surface area contributed by atoms with Crippen molar-refractivity contribution in [1.82, 2.24) is 15.5 Å². The Bertz CT molecular complexity index is 1160. The van der Waals surface area contributed by atoms with Crippen molar-refractivity contribution in [1.29, 1.82) is 5.26 Å². The quantitative estimate of drug-likeness (QED) is 0.390. The number of halogens is 2. The summed E-state index contributed by atoms with van der Waals surface area (Å²) in [5.74, 6) is -1.52. The molecule has 2 fully saturated rings. The summed E-state index contributed by atoms with van der Waals surface area (Å²) in [5, 5.41) is 19.1. The highest BCUT2D eigenvalue weighted by molar-refractivity contribution is 5.89. The molecule has 2 unspecified atom stereocenters. The summed E-state index contributed by atoms with van der Waals surface area (Å²) in [7, 11) is 0. The van der Waals surface area contributed by atoms with E-state index in [0.717, 1.165) is 37.8 Å². The molecule has 8 heteroatoms. The van der Waals surface area contributed by atoms with Crippen LogP contribution in [0.15, 0.2) is 42.5 Å². The lowest BCUT2D eigenvalue weighted by atomic mass is 9.80. The van der Waals surface area contributed by atoms with Gasteiger partial charge in [-0.3, -0.25) is 5.32 Å². The number of fused-ring (bicyclic) bond motifs is 1. The number of nitriles is 1. The molecule has 0 heterocycles. The van der Waals surface area contributed by atoms with Crippen LogP contribution in [0, 0.1) is 28.9 Å². The molecule has 2 aromatic rings. The topological polar surface area (TPSA) is 80.2 Å². The minimum Gasteiger partial charge on any atom is -0.311 e. The lowest BCUT2D eigenvalue weighted by molar-refractivity contribution is 0.105. The van der Waals surface area contributed by atoms with Crippen LogP contribution in [-0.2, 0) is 5.41 Å². The van der Waals surface area contributed by atoms with Crippen LogP contribution in [0.3, 0.4) is 0 Å². The van der Waals surface area contributed by atoms with Crippen LogP contribution >= 0.6 is 0 Å². The number of nitrogens with zero attached hydrogens (tertiary/aromatic N) is 2. The first-order valence-electron chi connectivity index (χ1n) is 13.2. The Hall–Kier alpha value is -3.02. The maximum atomic E-state index is 13.9. The molecule has 0 aliphatic heterocycles. The van der Waals surface area contributed by atoms with Crippen molar-refractivity contribution in [2.75, 3.05) is 11.9 Å². The van der Waals surface area contributed by atoms with Crippen molar-refractivity contribution < 1.29 is 13.6 Å². The Morgan fingerprint density at radius 2 is 1.92 bits per heavy atom. The number of urea groups is 1. The van der Waals surface area contributed by atoms with Gasteiger partial charge in [0.25, 0.3) is 0 Å². The molecule has 198 valence electrons. The van der Waals surface area contributed by atoms with Gasteiger partial charge in [-0.15, -0.1) is 0 Å². The van der Waals surface area contributed by atoms with Gasteiger partial charge >= 0.3 is 6.03 Å². The molecule has 0 spiro atoms. The Labute approximate surface area is 218 Å². The number of nitrogens with one attached hydrogen (secondary N) is 3. The van der Waals surface area contributed by atoms with Crippen LogP contribution in [0.4, 0.5) is 19.3 Å². The normalized spacial score (nSPS) is 23.3. The Morgan fingerprint density at radius 3 is 2.57 bits per heavy atom. The lowest BCUT2D eigenvalue weighted by Crippen LogP contribution is -2.61. The van der Waals surface area contributed by atoms with Gasteiger partial charge in [-0.1, -0.05) is 26.0 Å². The lowest BCUT2D eigenvalue weighted by Gasteiger charge is -2.42. The highest BCUT2D eigenvalue weighted by atomic mass is 19.2. The summed E-state index contributed by atoms with van der Waals surface area (Å²) in [6.07, 6.45) is 3.35. The molecule has 37 heavy (non-hydrogen) atoms. The monoisotopic (exact) mass is 509 g/mol. The average Bonchev–Trinajstić information content (AvgIpc) is 3.60. The molecule has 0 radical (unpaired) electrons. The third kappa shape index (κ3) is 6.11. The molecule has 2 aliphatic rings. The third-order valence-corrected chi connectivity index (χ3v) is 7.66. The van der Waals surface area contributed by atoms with E-state index in [2.05, 4.69) is 41.9 Å². The maximum Gasteiger partial charge on any atom is 0.323 e. The van der Waals surface area contributed by atoms with E-state index >= 15 is 0 Å². The smallest absolute Gasteiger partial charge is 0.311 e. The number of rotatable bonds is 9. The first-order chi connectivity index (χ1) is 17.6. The summed E-state index contributed by atoms with van der Waals surface area (Å²) < 4.78 is 27.3. The molecule has 2 aliphatic carbocycles. The van der Waals surface area contributed by atoms with Gasteiger partial charge in [0.05, 0.1) is 17.8 Å². The third-order valence-electron chi connectivity index (χ3n) is 7.66. The van der Waals surface area contributed by atoms with Crippen molar-refractivity contribution in [3.63, 3.8) is 0 Å². The molecule has 2 aromatic carbocycles. The van der Waals surface area contributed by atoms with E-state index in [-0.39, 0.29) is 41.4 Å². The van der Waals surface area contributed by atoms with Gasteiger partial charge in [-0.05, 0) is 80.7 Å². The molecular weight excluding hydrogens is 472 g/mol. The predicted molar refractivity (Wildman–Crippen MR) is 141 cm³/mol. The van der Waals surface area contributed by atoms with Gasteiger partial charge < -0.3 is 15.5 Å². The fourth-order valence-electron chi connectivity index (χ4n) is 5.81. The summed E-state index contributed by atoms with van der Waals surface area (Å²) >= 11 is 0. The van der Waals surface area contributed by atoms with Crippen LogP contribution in [0.2, 0.25) is 0 Å². The Morgan fingerprint density at radius 1 is 1.14 bits per heavy atom. The SMILES string of the molecule is CC(C)NCC(NC(C)C)N(C(=O)Nc1ccc(F)c(F)c1)C1CC[C@]2(c3cccc(C#N)c3)C[C@H]2C1. The predicted octanol–water partition coefficient (Wildman–Crippen LogP) is 5.50. The van der Waals surface area contributed by atoms with Crippen LogP contribution in [0.25, 0.3) is 0 Å². The maximum absolute atomic E-state index is 13.9. The minimum atomic E-state index is -0.997. The van der Waals surface area contributed by atoms with Crippen LogP contribution in [0.5, 0.6) is 0 Å². The summed E-state index contributed by atoms with van der Waals surface area (Å²) in [5.41, 5.74) is 2.18. The van der Waals surface area contributed by atoms with Gasteiger partial charge in [-0.25, -0.2) is 13.6 Å². The molecule has 4 rings (SSSR count). The van der Waals surface area contributed by atoms with Crippen LogP contribution < -0.4 is 16.0 Å². The molecule has 0 aromatic heterocycles. The first kappa shape index (κ1) is 27.0. The molecule has 2 amide bonds. The minimum absolute atomic E-state index is 0.0183. The fraction of sp³-hybridized carbons (Fsp3) is 0.517. The zero-order valence-electron chi connectivity index (χ0n) is 22.0. The van der Waals surface area contributed by atoms with E-state index in [9.17, 15) is 18.8 Å². The highest BCUT2D eigenvalue weighted by Crippen LogP contribution is 2.63. The molecule has 4 atom stereocenters. The standard InChI is InChI=1S/C29H37F2N5O/c1-18(2)33-17-27(34-19(3)4)36(28(37)35-23-8-9-25(30)26(31)14-23)24-10-11-29(15-22(29)13-24)21-7-5-6-20(12-21)16-32/h5-9,12,14,18-19,22,24,27,33-34H,10-11,13,15,17H2,1-4H3,(H,35,37)/t22-,24?,27?,29-/m1/s1. The van der Waals surface area contributed by atoms with Crippen molar-refractivity contribution in [3.05, 3.63) is 65.2 Å². The van der Waals surface area contributed by atoms with E-state index < -0.39 is 11.6 Å². The van der Waals surface area contributed by atoms with Crippen molar-refractivity contribution in [3.8, 4) is 6.07 Å². The Balaban J connectivity index is 1.58. The molecule has 0 saturated heterocycles. The first-order valence-corrected chi connectivity index (χ1v) is 13.2. The number of carbonyl (C=O) groups is 1. The number of benzene rings is 2. The summed E-state index contributed by atoms with van der Waals surface area (Å²) in [4.78, 5) is 15.6. The zero-order valence-corrected chi connectivity index (χ0v) is 22.0. The second-order valence-electron chi connectivity index (χ2n) is 11.0. The second-order valence-corrected chi connectivity index (χ2v) is 11.0. The van der Waals surface area contributed by atoms with Crippen molar-refractivity contribution >= 4 is 11.7 Å². The number of amides is 2. The number of hydrogen-bond donors (Lipinski definition) is 3. The Kier molecular flexibility index (Phi) is 8.15. The van der Waals surface area contributed by atoms with E-state index in [0.29, 0.717) is 18.0 Å². The van der Waals surface area contributed by atoms with Crippen LogP contribution in [0.1, 0.15) is 64.5 Å². The molecule has 3 N–H and O–H groups in total. The highest BCUT2D eigenvalue weighted by Gasteiger charge is 2.58. The van der Waals surface area contributed by atoms with Crippen molar-refractivity contribution in [2.45, 2.75) is 83.1 Å². The molecule has 6 nitrogen and oxygen atoms in total.